The molecule has 0 radical (unpaired) electrons. The molecule has 0 bridgehead atoms. The van der Waals surface area contributed by atoms with Crippen molar-refractivity contribution in [2.45, 2.75) is 46.8 Å². The van der Waals surface area contributed by atoms with E-state index in [1.54, 1.807) is 42.2 Å². The zero-order valence-corrected chi connectivity index (χ0v) is 16.5. The van der Waals surface area contributed by atoms with E-state index in [1.165, 1.54) is 6.07 Å². The first-order valence-corrected chi connectivity index (χ1v) is 9.27. The first-order valence-electron chi connectivity index (χ1n) is 9.27. The van der Waals surface area contributed by atoms with Gasteiger partial charge in [0, 0.05) is 11.9 Å². The molecule has 28 heavy (non-hydrogen) atoms. The van der Waals surface area contributed by atoms with Gasteiger partial charge in [0.05, 0.1) is 41.6 Å². The molecule has 0 fully saturated rings. The van der Waals surface area contributed by atoms with Crippen molar-refractivity contribution in [1.29, 1.82) is 0 Å². The number of aliphatic hydroxyl groups excluding tert-OH is 1. The standard InChI is InChI=1S/C21H24FN5O/c1-5-18(21-13(2)11-24-27(21)12-15(4)28)26-16-8-9-23-19(10-16)20-17(22)7-6-14(3)25-20/h6-11,15,28H,5,12H2,1-4H3. The third-order valence-corrected chi connectivity index (χ3v) is 4.30. The van der Waals surface area contributed by atoms with Gasteiger partial charge in [0.15, 0.2) is 5.82 Å². The minimum atomic E-state index is -0.515. The molecule has 0 aliphatic rings. The van der Waals surface area contributed by atoms with Gasteiger partial charge in [0.25, 0.3) is 0 Å². The van der Waals surface area contributed by atoms with E-state index >= 15 is 0 Å². The number of halogens is 1. The molecule has 0 aliphatic heterocycles. The normalized spacial score (nSPS) is 13.0. The number of rotatable bonds is 6. The van der Waals surface area contributed by atoms with Crippen molar-refractivity contribution in [3.8, 4) is 11.4 Å². The van der Waals surface area contributed by atoms with Crippen molar-refractivity contribution in [1.82, 2.24) is 19.7 Å². The predicted molar refractivity (Wildman–Crippen MR) is 107 cm³/mol. The zero-order chi connectivity index (χ0) is 20.3. The summed E-state index contributed by atoms with van der Waals surface area (Å²) < 4.78 is 16.0. The lowest BCUT2D eigenvalue weighted by Gasteiger charge is -2.12. The highest BCUT2D eigenvalue weighted by molar-refractivity contribution is 6.01. The highest BCUT2D eigenvalue weighted by Gasteiger charge is 2.15. The Kier molecular flexibility index (Phi) is 5.94. The van der Waals surface area contributed by atoms with E-state index in [1.807, 2.05) is 20.8 Å². The molecule has 0 spiro atoms. The first-order chi connectivity index (χ1) is 13.4. The highest BCUT2D eigenvalue weighted by atomic mass is 19.1. The summed E-state index contributed by atoms with van der Waals surface area (Å²) >= 11 is 0. The van der Waals surface area contributed by atoms with Gasteiger partial charge in [-0.05, 0) is 57.0 Å². The Balaban J connectivity index is 2.03. The minimum absolute atomic E-state index is 0.213. The molecule has 1 N–H and O–H groups in total. The fourth-order valence-corrected chi connectivity index (χ4v) is 3.04. The minimum Gasteiger partial charge on any atom is -0.391 e. The van der Waals surface area contributed by atoms with Gasteiger partial charge in [-0.2, -0.15) is 5.10 Å². The van der Waals surface area contributed by atoms with Crippen LogP contribution in [0.25, 0.3) is 11.4 Å². The van der Waals surface area contributed by atoms with Crippen molar-refractivity contribution in [2.24, 2.45) is 4.99 Å². The summed E-state index contributed by atoms with van der Waals surface area (Å²) in [6.07, 6.45) is 3.54. The molecule has 0 saturated heterocycles. The van der Waals surface area contributed by atoms with E-state index < -0.39 is 11.9 Å². The van der Waals surface area contributed by atoms with Crippen LogP contribution in [0.5, 0.6) is 0 Å². The molecule has 0 aliphatic carbocycles. The molecule has 3 aromatic heterocycles. The van der Waals surface area contributed by atoms with Crippen molar-refractivity contribution in [3.05, 3.63) is 59.4 Å². The van der Waals surface area contributed by atoms with Gasteiger partial charge in [-0.3, -0.25) is 14.7 Å². The Hall–Kier alpha value is -2.93. The average molecular weight is 381 g/mol. The number of aliphatic imine (C=N–C) groups is 1. The molecule has 0 amide bonds. The lowest BCUT2D eigenvalue weighted by Crippen LogP contribution is -2.18. The number of aryl methyl sites for hydroxylation is 2. The molecule has 7 heteroatoms. The fourth-order valence-electron chi connectivity index (χ4n) is 3.04. The molecule has 1 atom stereocenters. The molecular weight excluding hydrogens is 357 g/mol. The molecule has 3 aromatic rings. The van der Waals surface area contributed by atoms with E-state index in [0.29, 0.717) is 24.3 Å². The van der Waals surface area contributed by atoms with Crippen LogP contribution in [0.15, 0.2) is 41.7 Å². The Morgan fingerprint density at radius 1 is 1.29 bits per heavy atom. The summed E-state index contributed by atoms with van der Waals surface area (Å²) in [4.78, 5) is 13.3. The van der Waals surface area contributed by atoms with Crippen LogP contribution < -0.4 is 0 Å². The van der Waals surface area contributed by atoms with Crippen LogP contribution in [0.2, 0.25) is 0 Å². The number of nitrogens with zero attached hydrogens (tertiary/aromatic N) is 5. The smallest absolute Gasteiger partial charge is 0.151 e. The summed E-state index contributed by atoms with van der Waals surface area (Å²) in [5, 5.41) is 14.1. The summed E-state index contributed by atoms with van der Waals surface area (Å²) in [7, 11) is 0. The summed E-state index contributed by atoms with van der Waals surface area (Å²) in [6, 6.07) is 6.52. The van der Waals surface area contributed by atoms with Gasteiger partial charge < -0.3 is 5.11 Å². The van der Waals surface area contributed by atoms with Crippen molar-refractivity contribution in [2.75, 3.05) is 0 Å². The summed E-state index contributed by atoms with van der Waals surface area (Å²) in [6.45, 7) is 7.91. The quantitative estimate of drug-likeness (QED) is 0.655. The summed E-state index contributed by atoms with van der Waals surface area (Å²) in [5.41, 5.74) is 4.75. The second-order valence-corrected chi connectivity index (χ2v) is 6.80. The number of aromatic nitrogens is 4. The molecule has 3 heterocycles. The van der Waals surface area contributed by atoms with Gasteiger partial charge in [0.1, 0.15) is 5.69 Å². The monoisotopic (exact) mass is 381 g/mol. The lowest BCUT2D eigenvalue weighted by molar-refractivity contribution is 0.168. The summed E-state index contributed by atoms with van der Waals surface area (Å²) in [5.74, 6) is -0.416. The van der Waals surface area contributed by atoms with Crippen LogP contribution in [0.4, 0.5) is 10.1 Å². The largest absolute Gasteiger partial charge is 0.391 e. The maximum absolute atomic E-state index is 14.2. The zero-order valence-electron chi connectivity index (χ0n) is 16.5. The van der Waals surface area contributed by atoms with E-state index in [9.17, 15) is 9.50 Å². The van der Waals surface area contributed by atoms with Crippen LogP contribution in [0.1, 0.15) is 37.2 Å². The molecule has 3 rings (SSSR count). The fraction of sp³-hybridized carbons (Fsp3) is 0.333. The van der Waals surface area contributed by atoms with Crippen LogP contribution in [0, 0.1) is 19.7 Å². The van der Waals surface area contributed by atoms with E-state index in [4.69, 9.17) is 4.99 Å². The lowest BCUT2D eigenvalue weighted by atomic mass is 10.1. The SMILES string of the molecule is CCC(=Nc1ccnc(-c2nc(C)ccc2F)c1)c1c(C)cnn1CC(C)O. The van der Waals surface area contributed by atoms with Crippen LogP contribution in [-0.2, 0) is 6.54 Å². The topological polar surface area (TPSA) is 76.2 Å². The van der Waals surface area contributed by atoms with E-state index in [-0.39, 0.29) is 5.69 Å². The molecule has 1 unspecified atom stereocenters. The van der Waals surface area contributed by atoms with Crippen LogP contribution in [-0.4, -0.2) is 36.7 Å². The van der Waals surface area contributed by atoms with Crippen LogP contribution in [0.3, 0.4) is 0 Å². The van der Waals surface area contributed by atoms with Crippen LogP contribution >= 0.6 is 0 Å². The molecule has 146 valence electrons. The van der Waals surface area contributed by atoms with E-state index in [0.717, 1.165) is 22.7 Å². The van der Waals surface area contributed by atoms with Crippen molar-refractivity contribution < 1.29 is 9.50 Å². The first kappa shape index (κ1) is 19.8. The third-order valence-electron chi connectivity index (χ3n) is 4.30. The molecular formula is C21H24FN5O. The van der Waals surface area contributed by atoms with E-state index in [2.05, 4.69) is 15.1 Å². The third kappa shape index (κ3) is 4.31. The predicted octanol–water partition coefficient (Wildman–Crippen LogP) is 4.01. The molecule has 0 aromatic carbocycles. The van der Waals surface area contributed by atoms with Gasteiger partial charge in [-0.15, -0.1) is 0 Å². The number of hydrogen-bond acceptors (Lipinski definition) is 5. The van der Waals surface area contributed by atoms with Crippen molar-refractivity contribution in [3.63, 3.8) is 0 Å². The Morgan fingerprint density at radius 3 is 2.79 bits per heavy atom. The highest BCUT2D eigenvalue weighted by Crippen LogP contribution is 2.24. The molecule has 0 saturated carbocycles. The number of pyridine rings is 2. The van der Waals surface area contributed by atoms with Gasteiger partial charge >= 0.3 is 0 Å². The maximum Gasteiger partial charge on any atom is 0.151 e. The Bertz CT molecular complexity index is 1010. The number of hydrogen-bond donors (Lipinski definition) is 1. The van der Waals surface area contributed by atoms with Gasteiger partial charge in [0.2, 0.25) is 0 Å². The van der Waals surface area contributed by atoms with Gasteiger partial charge in [-0.25, -0.2) is 9.37 Å². The second kappa shape index (κ2) is 8.39. The van der Waals surface area contributed by atoms with Gasteiger partial charge in [-0.1, -0.05) is 6.92 Å². The molecule has 6 nitrogen and oxygen atoms in total. The Morgan fingerprint density at radius 2 is 2.07 bits per heavy atom. The Labute approximate surface area is 163 Å². The average Bonchev–Trinajstić information content (AvgIpc) is 3.01. The second-order valence-electron chi connectivity index (χ2n) is 6.80. The van der Waals surface area contributed by atoms with Crippen molar-refractivity contribution >= 4 is 11.4 Å². The maximum atomic E-state index is 14.2. The number of aliphatic hydroxyl groups is 1.